The minimum atomic E-state index is -0.811. The highest BCUT2D eigenvalue weighted by atomic mass is 16.6. The molecule has 0 aliphatic rings. The van der Waals surface area contributed by atoms with E-state index < -0.39 is 6.10 Å². The summed E-state index contributed by atoms with van der Waals surface area (Å²) in [6.07, 6.45) is 60.7. The van der Waals surface area contributed by atoms with Crippen molar-refractivity contribution in [3.05, 3.63) is 109 Å². The summed E-state index contributed by atoms with van der Waals surface area (Å²) in [6, 6.07) is 0. The highest BCUT2D eigenvalue weighted by Crippen LogP contribution is 2.12. The Balaban J connectivity index is 4.53. The molecule has 1 atom stereocenters. The largest absolute Gasteiger partial charge is 0.462 e. The van der Waals surface area contributed by atoms with E-state index in [0.717, 1.165) is 96.3 Å². The van der Waals surface area contributed by atoms with E-state index in [0.29, 0.717) is 19.3 Å². The molecule has 0 aliphatic heterocycles. The molecule has 1 unspecified atom stereocenters. The van der Waals surface area contributed by atoms with E-state index >= 15 is 0 Å². The molecule has 0 saturated carbocycles. The third-order valence-electron chi connectivity index (χ3n) is 9.15. The van der Waals surface area contributed by atoms with Crippen molar-refractivity contribution < 1.29 is 28.6 Å². The molecule has 0 heterocycles. The molecule has 0 aliphatic carbocycles. The smallest absolute Gasteiger partial charge is 0.306 e. The fourth-order valence-corrected chi connectivity index (χ4v) is 5.75. The van der Waals surface area contributed by atoms with Crippen molar-refractivity contribution in [2.24, 2.45) is 0 Å². The summed E-state index contributed by atoms with van der Waals surface area (Å²) in [4.78, 5) is 37.7. The molecule has 0 spiro atoms. The molecule has 0 aromatic heterocycles. The van der Waals surface area contributed by atoms with Gasteiger partial charge >= 0.3 is 17.9 Å². The lowest BCUT2D eigenvalue weighted by atomic mass is 10.1. The Kier molecular flexibility index (Phi) is 42.7. The van der Waals surface area contributed by atoms with Gasteiger partial charge in [-0.1, -0.05) is 194 Å². The SMILES string of the molecule is CC\C=C/C=C\C=C/C=C\C=C/CCCCCC(=O)OC(COC(=O)CCCCC/C=C\C/C=C\C/C=C\C/C=C\CC)COC(=O)CCCCCCCCCCC. The maximum atomic E-state index is 12.7. The molecule has 6 heteroatoms. The predicted octanol–water partition coefficient (Wildman–Crippen LogP) is 14.8. The van der Waals surface area contributed by atoms with Crippen molar-refractivity contribution in [1.82, 2.24) is 0 Å². The molecular formula is C52H82O6. The average Bonchev–Trinajstić information content (AvgIpc) is 3.22. The first kappa shape index (κ1) is 54.1. The minimum absolute atomic E-state index is 0.107. The van der Waals surface area contributed by atoms with Gasteiger partial charge in [0, 0.05) is 19.3 Å². The molecule has 0 fully saturated rings. The molecule has 0 rings (SSSR count). The third-order valence-corrected chi connectivity index (χ3v) is 9.15. The van der Waals surface area contributed by atoms with Crippen LogP contribution in [0.3, 0.4) is 0 Å². The van der Waals surface area contributed by atoms with E-state index in [4.69, 9.17) is 14.2 Å². The van der Waals surface area contributed by atoms with Crippen LogP contribution >= 0.6 is 0 Å². The Morgan fingerprint density at radius 2 is 0.759 bits per heavy atom. The number of allylic oxidation sites excluding steroid dienone is 18. The summed E-state index contributed by atoms with van der Waals surface area (Å²) < 4.78 is 16.6. The van der Waals surface area contributed by atoms with Gasteiger partial charge < -0.3 is 14.2 Å². The number of esters is 3. The van der Waals surface area contributed by atoms with Gasteiger partial charge in [-0.05, 0) is 77.0 Å². The molecule has 6 nitrogen and oxygen atoms in total. The number of carbonyl (C=O) groups is 3. The molecule has 326 valence electrons. The normalized spacial score (nSPS) is 13.1. The van der Waals surface area contributed by atoms with Crippen molar-refractivity contribution in [1.29, 1.82) is 0 Å². The topological polar surface area (TPSA) is 78.9 Å². The molecule has 0 radical (unpaired) electrons. The van der Waals surface area contributed by atoms with Gasteiger partial charge in [0.05, 0.1) is 0 Å². The Labute approximate surface area is 355 Å². The van der Waals surface area contributed by atoms with E-state index in [1.807, 2.05) is 48.6 Å². The van der Waals surface area contributed by atoms with E-state index in [1.54, 1.807) is 0 Å². The lowest BCUT2D eigenvalue weighted by Gasteiger charge is -2.18. The molecule has 58 heavy (non-hydrogen) atoms. The highest BCUT2D eigenvalue weighted by Gasteiger charge is 2.19. The fraction of sp³-hybridized carbons (Fsp3) is 0.596. The van der Waals surface area contributed by atoms with Crippen molar-refractivity contribution in [3.8, 4) is 0 Å². The van der Waals surface area contributed by atoms with E-state index in [-0.39, 0.29) is 37.5 Å². The van der Waals surface area contributed by atoms with Crippen LogP contribution in [0.1, 0.15) is 181 Å². The fourth-order valence-electron chi connectivity index (χ4n) is 5.75. The second-order valence-electron chi connectivity index (χ2n) is 14.7. The van der Waals surface area contributed by atoms with E-state index in [1.165, 1.54) is 38.5 Å². The van der Waals surface area contributed by atoms with Crippen LogP contribution in [-0.4, -0.2) is 37.2 Å². The number of unbranched alkanes of at least 4 members (excludes halogenated alkanes) is 14. The summed E-state index contributed by atoms with van der Waals surface area (Å²) in [5.74, 6) is -0.996. The number of rotatable bonds is 39. The lowest BCUT2D eigenvalue weighted by Crippen LogP contribution is -2.30. The second-order valence-corrected chi connectivity index (χ2v) is 14.7. The van der Waals surface area contributed by atoms with Crippen LogP contribution in [-0.2, 0) is 28.6 Å². The van der Waals surface area contributed by atoms with E-state index in [2.05, 4.69) is 81.5 Å². The third kappa shape index (κ3) is 43.2. The maximum absolute atomic E-state index is 12.7. The predicted molar refractivity (Wildman–Crippen MR) is 247 cm³/mol. The quantitative estimate of drug-likeness (QED) is 0.0202. The number of hydrogen-bond donors (Lipinski definition) is 0. The Morgan fingerprint density at radius 3 is 1.26 bits per heavy atom. The van der Waals surface area contributed by atoms with Crippen LogP contribution < -0.4 is 0 Å². The molecule has 0 saturated heterocycles. The van der Waals surface area contributed by atoms with Crippen LogP contribution in [0, 0.1) is 0 Å². The second kappa shape index (κ2) is 45.8. The van der Waals surface area contributed by atoms with Crippen molar-refractivity contribution >= 4 is 17.9 Å². The van der Waals surface area contributed by atoms with E-state index in [9.17, 15) is 14.4 Å². The van der Waals surface area contributed by atoms with Crippen LogP contribution in [0.15, 0.2) is 109 Å². The van der Waals surface area contributed by atoms with Gasteiger partial charge in [0.2, 0.25) is 0 Å². The molecule has 0 aromatic carbocycles. The lowest BCUT2D eigenvalue weighted by molar-refractivity contribution is -0.167. The first-order valence-corrected chi connectivity index (χ1v) is 23.0. The summed E-state index contributed by atoms with van der Waals surface area (Å²) in [7, 11) is 0. The zero-order chi connectivity index (χ0) is 42.3. The average molecular weight is 803 g/mol. The van der Waals surface area contributed by atoms with Crippen molar-refractivity contribution in [2.75, 3.05) is 13.2 Å². The van der Waals surface area contributed by atoms with Gasteiger partial charge in [-0.15, -0.1) is 0 Å². The molecule has 0 N–H and O–H groups in total. The number of ether oxygens (including phenoxy) is 3. The number of carbonyl (C=O) groups excluding carboxylic acids is 3. The van der Waals surface area contributed by atoms with Gasteiger partial charge in [-0.25, -0.2) is 0 Å². The molecule has 0 aromatic rings. The van der Waals surface area contributed by atoms with Crippen LogP contribution in [0.5, 0.6) is 0 Å². The van der Waals surface area contributed by atoms with Crippen LogP contribution in [0.2, 0.25) is 0 Å². The minimum Gasteiger partial charge on any atom is -0.462 e. The summed E-state index contributed by atoms with van der Waals surface area (Å²) >= 11 is 0. The zero-order valence-electron chi connectivity index (χ0n) is 37.0. The monoisotopic (exact) mass is 803 g/mol. The van der Waals surface area contributed by atoms with Crippen LogP contribution in [0.4, 0.5) is 0 Å². The highest BCUT2D eigenvalue weighted by molar-refractivity contribution is 5.71. The summed E-state index contributed by atoms with van der Waals surface area (Å²) in [5, 5.41) is 0. The maximum Gasteiger partial charge on any atom is 0.306 e. The first-order chi connectivity index (χ1) is 28.5. The summed E-state index contributed by atoms with van der Waals surface area (Å²) in [6.45, 7) is 6.26. The summed E-state index contributed by atoms with van der Waals surface area (Å²) in [5.41, 5.74) is 0. The van der Waals surface area contributed by atoms with Crippen molar-refractivity contribution in [3.63, 3.8) is 0 Å². The zero-order valence-corrected chi connectivity index (χ0v) is 37.0. The Morgan fingerprint density at radius 1 is 0.379 bits per heavy atom. The van der Waals surface area contributed by atoms with Gasteiger partial charge in [-0.3, -0.25) is 14.4 Å². The Bertz CT molecular complexity index is 1240. The standard InChI is InChI=1S/C52H82O6/c1-4-7-10-13-16-19-21-23-25-27-28-30-33-36-39-42-45-51(54)57-48-49(47-56-50(53)44-41-38-35-32-18-15-12-9-6-3)58-52(55)46-43-40-37-34-31-29-26-24-22-20-17-14-11-8-5-2/h7-8,10-11,14,16-17,19-20,22-26,28-31,49H,4-6,9,12-13,15,18,21,27,32-48H2,1-3H3/b10-7-,11-8-,17-14-,19-16-,22-20-,25-23-,26-24-,30-28-,31-29-. The van der Waals surface area contributed by atoms with Gasteiger partial charge in [0.25, 0.3) is 0 Å². The Hall–Kier alpha value is -3.93. The van der Waals surface area contributed by atoms with Crippen LogP contribution in [0.25, 0.3) is 0 Å². The first-order valence-electron chi connectivity index (χ1n) is 23.0. The molecular weight excluding hydrogens is 721 g/mol. The van der Waals surface area contributed by atoms with Gasteiger partial charge in [0.1, 0.15) is 13.2 Å². The number of hydrogen-bond acceptors (Lipinski definition) is 6. The molecule has 0 bridgehead atoms. The van der Waals surface area contributed by atoms with Gasteiger partial charge in [0.15, 0.2) is 6.10 Å². The van der Waals surface area contributed by atoms with Crippen molar-refractivity contribution in [2.45, 2.75) is 187 Å². The van der Waals surface area contributed by atoms with Gasteiger partial charge in [-0.2, -0.15) is 0 Å². The molecule has 0 amide bonds.